The molecule has 0 saturated heterocycles. The Morgan fingerprint density at radius 2 is 1.89 bits per heavy atom. The van der Waals surface area contributed by atoms with Gasteiger partial charge in [-0.2, -0.15) is 11.8 Å². The Morgan fingerprint density at radius 3 is 2.63 bits per heavy atom. The molecule has 102 valence electrons. The average Bonchev–Trinajstić information content (AvgIpc) is 2.45. The average molecular weight is 275 g/mol. The molecule has 2 nitrogen and oxygen atoms in total. The minimum atomic E-state index is 0.152. The molecule has 3 heteroatoms. The van der Waals surface area contributed by atoms with E-state index in [0.29, 0.717) is 11.0 Å². The maximum Gasteiger partial charge on any atom is 0.128 e. The van der Waals surface area contributed by atoms with Crippen LogP contribution in [0.25, 0.3) is 10.8 Å². The van der Waals surface area contributed by atoms with Crippen LogP contribution in [0.5, 0.6) is 5.75 Å². The minimum Gasteiger partial charge on any atom is -0.507 e. The van der Waals surface area contributed by atoms with Crippen LogP contribution < -0.4 is 5.32 Å². The van der Waals surface area contributed by atoms with Crippen molar-refractivity contribution >= 4 is 22.5 Å². The van der Waals surface area contributed by atoms with Crippen molar-refractivity contribution in [2.45, 2.75) is 25.1 Å². The van der Waals surface area contributed by atoms with E-state index in [2.05, 4.69) is 31.5 Å². The lowest BCUT2D eigenvalue weighted by Gasteiger charge is -2.18. The molecule has 0 radical (unpaired) electrons. The van der Waals surface area contributed by atoms with Gasteiger partial charge in [0.15, 0.2) is 0 Å². The Hall–Kier alpha value is -1.19. The van der Waals surface area contributed by atoms with E-state index in [9.17, 15) is 5.11 Å². The first-order valence-electron chi connectivity index (χ1n) is 6.60. The highest BCUT2D eigenvalue weighted by Crippen LogP contribution is 2.32. The van der Waals surface area contributed by atoms with E-state index in [4.69, 9.17) is 0 Å². The lowest BCUT2D eigenvalue weighted by molar-refractivity contribution is 0.459. The smallest absolute Gasteiger partial charge is 0.128 e. The summed E-state index contributed by atoms with van der Waals surface area (Å²) in [5, 5.41) is 16.4. The molecule has 19 heavy (non-hydrogen) atoms. The molecular formula is C16H21NOS. The number of rotatable bonds is 5. The highest BCUT2D eigenvalue weighted by atomic mass is 32.2. The van der Waals surface area contributed by atoms with Crippen molar-refractivity contribution in [3.63, 3.8) is 0 Å². The van der Waals surface area contributed by atoms with Gasteiger partial charge in [0.05, 0.1) is 0 Å². The number of hydrogen-bond acceptors (Lipinski definition) is 3. The molecular weight excluding hydrogens is 254 g/mol. The molecule has 0 spiro atoms. The van der Waals surface area contributed by atoms with Gasteiger partial charge in [-0.3, -0.25) is 0 Å². The van der Waals surface area contributed by atoms with Gasteiger partial charge in [-0.05, 0) is 18.6 Å². The van der Waals surface area contributed by atoms with Crippen LogP contribution in [0.4, 0.5) is 0 Å². The van der Waals surface area contributed by atoms with E-state index in [1.807, 2.05) is 42.1 Å². The number of benzene rings is 2. The number of nitrogens with one attached hydrogen (secondary N) is 1. The summed E-state index contributed by atoms with van der Waals surface area (Å²) in [6, 6.07) is 12.2. The maximum absolute atomic E-state index is 10.4. The van der Waals surface area contributed by atoms with Gasteiger partial charge in [-0.15, -0.1) is 0 Å². The second-order valence-corrected chi connectivity index (χ2v) is 6.18. The fourth-order valence-corrected chi connectivity index (χ4v) is 2.42. The molecule has 0 bridgehead atoms. The van der Waals surface area contributed by atoms with Gasteiger partial charge in [0.2, 0.25) is 0 Å². The predicted octanol–water partition coefficient (Wildman–Crippen LogP) is 3.95. The van der Waals surface area contributed by atoms with Crippen molar-refractivity contribution in [2.75, 3.05) is 12.8 Å². The molecule has 2 rings (SSSR count). The summed E-state index contributed by atoms with van der Waals surface area (Å²) in [6.07, 6.45) is 2.12. The summed E-state index contributed by atoms with van der Waals surface area (Å²) in [7, 11) is 0. The molecule has 0 amide bonds. The third-order valence-electron chi connectivity index (χ3n) is 3.51. The highest BCUT2D eigenvalue weighted by Gasteiger charge is 2.13. The first-order valence-corrected chi connectivity index (χ1v) is 7.89. The van der Waals surface area contributed by atoms with E-state index >= 15 is 0 Å². The van der Waals surface area contributed by atoms with Crippen molar-refractivity contribution in [1.29, 1.82) is 0 Å². The predicted molar refractivity (Wildman–Crippen MR) is 85.0 cm³/mol. The van der Waals surface area contributed by atoms with Crippen molar-refractivity contribution in [2.24, 2.45) is 0 Å². The number of hydrogen-bond donors (Lipinski definition) is 2. The quantitative estimate of drug-likeness (QED) is 0.866. The standard InChI is InChI=1S/C16H21NOS/c1-11(19-3)10-17-12(2)14-9-8-13-6-4-5-7-15(13)16(14)18/h4-9,11-12,17-18H,10H2,1-3H3. The minimum absolute atomic E-state index is 0.152. The van der Waals surface area contributed by atoms with E-state index < -0.39 is 0 Å². The van der Waals surface area contributed by atoms with Crippen LogP contribution in [0.1, 0.15) is 25.5 Å². The molecule has 2 N–H and O–H groups in total. The number of aromatic hydroxyl groups is 1. The second kappa shape index (κ2) is 6.31. The third kappa shape index (κ3) is 3.23. The fourth-order valence-electron chi connectivity index (χ4n) is 2.16. The largest absolute Gasteiger partial charge is 0.507 e. The Labute approximate surface area is 119 Å². The van der Waals surface area contributed by atoms with Crippen LogP contribution in [-0.2, 0) is 0 Å². The lowest BCUT2D eigenvalue weighted by atomic mass is 10.0. The Morgan fingerprint density at radius 1 is 1.16 bits per heavy atom. The van der Waals surface area contributed by atoms with Crippen LogP contribution in [0.3, 0.4) is 0 Å². The zero-order valence-electron chi connectivity index (χ0n) is 11.7. The fraction of sp³-hybridized carbons (Fsp3) is 0.375. The first-order chi connectivity index (χ1) is 9.13. The van der Waals surface area contributed by atoms with E-state index in [1.165, 1.54) is 0 Å². The second-order valence-electron chi connectivity index (χ2n) is 4.90. The monoisotopic (exact) mass is 275 g/mol. The van der Waals surface area contributed by atoms with Gasteiger partial charge in [0.1, 0.15) is 5.75 Å². The topological polar surface area (TPSA) is 32.3 Å². The van der Waals surface area contributed by atoms with Gasteiger partial charge < -0.3 is 10.4 Å². The molecule has 0 heterocycles. The molecule has 0 aromatic heterocycles. The van der Waals surface area contributed by atoms with Crippen molar-refractivity contribution in [1.82, 2.24) is 5.32 Å². The van der Waals surface area contributed by atoms with E-state index in [1.54, 1.807) is 0 Å². The molecule has 0 saturated carbocycles. The molecule has 0 fully saturated rings. The van der Waals surface area contributed by atoms with Gasteiger partial charge in [0, 0.05) is 28.8 Å². The molecule has 0 aliphatic heterocycles. The summed E-state index contributed by atoms with van der Waals surface area (Å²) >= 11 is 1.84. The van der Waals surface area contributed by atoms with Crippen molar-refractivity contribution in [3.8, 4) is 5.75 Å². The number of fused-ring (bicyclic) bond motifs is 1. The van der Waals surface area contributed by atoms with E-state index in [-0.39, 0.29) is 6.04 Å². The summed E-state index contributed by atoms with van der Waals surface area (Å²) < 4.78 is 0. The number of thioether (sulfide) groups is 1. The van der Waals surface area contributed by atoms with Crippen LogP contribution in [0.2, 0.25) is 0 Å². The molecule has 2 aromatic rings. The van der Waals surface area contributed by atoms with Crippen molar-refractivity contribution < 1.29 is 5.11 Å². The van der Waals surface area contributed by atoms with E-state index in [0.717, 1.165) is 22.9 Å². The van der Waals surface area contributed by atoms with Gasteiger partial charge in [-0.1, -0.05) is 43.3 Å². The summed E-state index contributed by atoms with van der Waals surface area (Å²) in [5.41, 5.74) is 0.965. The third-order valence-corrected chi connectivity index (χ3v) is 4.48. The highest BCUT2D eigenvalue weighted by molar-refractivity contribution is 7.99. The summed E-state index contributed by atoms with van der Waals surface area (Å²) in [5.74, 6) is 0.398. The maximum atomic E-state index is 10.4. The first kappa shape index (κ1) is 14.2. The van der Waals surface area contributed by atoms with Crippen LogP contribution in [-0.4, -0.2) is 23.2 Å². The molecule has 0 aliphatic carbocycles. The van der Waals surface area contributed by atoms with Crippen LogP contribution >= 0.6 is 11.8 Å². The van der Waals surface area contributed by atoms with Gasteiger partial charge in [0.25, 0.3) is 0 Å². The normalized spacial score (nSPS) is 14.5. The lowest BCUT2D eigenvalue weighted by Crippen LogP contribution is -2.25. The zero-order chi connectivity index (χ0) is 13.8. The number of phenols is 1. The molecule has 2 aromatic carbocycles. The number of phenolic OH excluding ortho intramolecular Hbond substituents is 1. The Bertz CT molecular complexity index is 555. The Kier molecular flexibility index (Phi) is 4.72. The zero-order valence-corrected chi connectivity index (χ0v) is 12.5. The Balaban J connectivity index is 2.22. The van der Waals surface area contributed by atoms with Gasteiger partial charge >= 0.3 is 0 Å². The van der Waals surface area contributed by atoms with Crippen molar-refractivity contribution in [3.05, 3.63) is 42.0 Å². The van der Waals surface area contributed by atoms with Crippen LogP contribution in [0.15, 0.2) is 36.4 Å². The SMILES string of the molecule is CSC(C)CNC(C)c1ccc2ccccc2c1O. The molecule has 2 unspecified atom stereocenters. The summed E-state index contributed by atoms with van der Waals surface area (Å²) in [4.78, 5) is 0. The molecule has 2 atom stereocenters. The van der Waals surface area contributed by atoms with Crippen LogP contribution in [0, 0.1) is 0 Å². The molecule has 0 aliphatic rings. The summed E-state index contributed by atoms with van der Waals surface area (Å²) in [6.45, 7) is 5.23. The van der Waals surface area contributed by atoms with Gasteiger partial charge in [-0.25, -0.2) is 0 Å².